The summed E-state index contributed by atoms with van der Waals surface area (Å²) in [4.78, 5) is 0. The van der Waals surface area contributed by atoms with Gasteiger partial charge in [0.1, 0.15) is 0 Å². The second-order valence-electron chi connectivity index (χ2n) is 5.64. The molecule has 0 nitrogen and oxygen atoms in total. The molecule has 0 aliphatic rings. The molecule has 0 bridgehead atoms. The first-order valence-corrected chi connectivity index (χ1v) is 7.01. The quantitative estimate of drug-likeness (QED) is 0.634. The average molecular weight is 262 g/mol. The molecule has 0 aromatic heterocycles. The van der Waals surface area contributed by atoms with Crippen molar-refractivity contribution in [3.63, 3.8) is 0 Å². The number of hydrogen-bond donors (Lipinski definition) is 0. The molecule has 0 aliphatic carbocycles. The van der Waals surface area contributed by atoms with Gasteiger partial charge in [0.2, 0.25) is 0 Å². The molecule has 2 aromatic rings. The van der Waals surface area contributed by atoms with E-state index in [-0.39, 0.29) is 5.41 Å². The lowest BCUT2D eigenvalue weighted by Gasteiger charge is -2.26. The Morgan fingerprint density at radius 2 is 1.35 bits per heavy atom. The average Bonchev–Trinajstić information content (AvgIpc) is 2.48. The number of allylic oxidation sites excluding steroid dienone is 1. The third-order valence-electron chi connectivity index (χ3n) is 3.92. The summed E-state index contributed by atoms with van der Waals surface area (Å²) in [6, 6.07) is 17.4. The van der Waals surface area contributed by atoms with E-state index in [9.17, 15) is 0 Å². The maximum atomic E-state index is 3.80. The summed E-state index contributed by atoms with van der Waals surface area (Å²) in [5, 5.41) is 0. The summed E-state index contributed by atoms with van der Waals surface area (Å²) in [6.07, 6.45) is 4.74. The summed E-state index contributed by atoms with van der Waals surface area (Å²) in [7, 11) is 0. The smallest absolute Gasteiger partial charge is 0.0146 e. The van der Waals surface area contributed by atoms with Crippen LogP contribution in [0.5, 0.6) is 0 Å². The second-order valence-corrected chi connectivity index (χ2v) is 5.64. The van der Waals surface area contributed by atoms with Crippen molar-refractivity contribution in [2.75, 3.05) is 0 Å². The maximum absolute atomic E-state index is 3.80. The molecule has 0 fully saturated rings. The first-order chi connectivity index (χ1) is 9.57. The Labute approximate surface area is 122 Å². The van der Waals surface area contributed by atoms with Crippen molar-refractivity contribution in [2.24, 2.45) is 0 Å². The van der Waals surface area contributed by atoms with Crippen molar-refractivity contribution in [3.8, 4) is 0 Å². The molecule has 0 atom stereocenters. The summed E-state index contributed by atoms with van der Waals surface area (Å²) in [6.45, 7) is 12.1. The van der Waals surface area contributed by atoms with Crippen molar-refractivity contribution >= 4 is 6.08 Å². The third-order valence-corrected chi connectivity index (χ3v) is 3.92. The highest BCUT2D eigenvalue weighted by Crippen LogP contribution is 2.31. The molecule has 0 amide bonds. The van der Waals surface area contributed by atoms with Crippen LogP contribution in [0.3, 0.4) is 0 Å². The van der Waals surface area contributed by atoms with E-state index in [1.54, 1.807) is 0 Å². The molecular formula is C20H22. The minimum absolute atomic E-state index is 0.00636. The van der Waals surface area contributed by atoms with Gasteiger partial charge < -0.3 is 0 Å². The predicted molar refractivity (Wildman–Crippen MR) is 89.0 cm³/mol. The fourth-order valence-corrected chi connectivity index (χ4v) is 2.43. The standard InChI is InChI=1S/C20H22/c1-5-7-17-10-14-19(15-11-17)20(3,4)18-12-8-16(6-2)9-13-18/h5-6,8-15H,1-2,7H2,3-4H3. The van der Waals surface area contributed by atoms with Gasteiger partial charge in [0.15, 0.2) is 0 Å². The highest BCUT2D eigenvalue weighted by atomic mass is 14.3. The van der Waals surface area contributed by atoms with Crippen LogP contribution in [0, 0.1) is 0 Å². The molecule has 0 heteroatoms. The van der Waals surface area contributed by atoms with E-state index in [1.807, 2.05) is 12.2 Å². The summed E-state index contributed by atoms with van der Waals surface area (Å²) < 4.78 is 0. The van der Waals surface area contributed by atoms with Crippen molar-refractivity contribution in [2.45, 2.75) is 25.7 Å². The predicted octanol–water partition coefficient (Wildman–Crippen LogP) is 5.38. The summed E-state index contributed by atoms with van der Waals surface area (Å²) >= 11 is 0. The van der Waals surface area contributed by atoms with Gasteiger partial charge in [-0.05, 0) is 28.7 Å². The number of rotatable bonds is 5. The van der Waals surface area contributed by atoms with Crippen LogP contribution in [0.15, 0.2) is 67.8 Å². The second kappa shape index (κ2) is 5.92. The lowest BCUT2D eigenvalue weighted by molar-refractivity contribution is 0.640. The Kier molecular flexibility index (Phi) is 4.24. The highest BCUT2D eigenvalue weighted by molar-refractivity contribution is 5.49. The van der Waals surface area contributed by atoms with E-state index in [0.717, 1.165) is 12.0 Å². The van der Waals surface area contributed by atoms with Gasteiger partial charge in [-0.15, -0.1) is 6.58 Å². The van der Waals surface area contributed by atoms with E-state index < -0.39 is 0 Å². The topological polar surface area (TPSA) is 0 Å². The fourth-order valence-electron chi connectivity index (χ4n) is 2.43. The van der Waals surface area contributed by atoms with Gasteiger partial charge in [-0.25, -0.2) is 0 Å². The van der Waals surface area contributed by atoms with Crippen LogP contribution in [-0.4, -0.2) is 0 Å². The molecular weight excluding hydrogens is 240 g/mol. The molecule has 2 aromatic carbocycles. The van der Waals surface area contributed by atoms with Gasteiger partial charge in [-0.1, -0.05) is 81.1 Å². The molecule has 0 heterocycles. The molecule has 0 spiro atoms. The van der Waals surface area contributed by atoms with Crippen molar-refractivity contribution in [1.29, 1.82) is 0 Å². The molecule has 0 N–H and O–H groups in total. The summed E-state index contributed by atoms with van der Waals surface area (Å²) in [5.74, 6) is 0. The first-order valence-electron chi connectivity index (χ1n) is 7.01. The molecule has 0 aliphatic heterocycles. The SMILES string of the molecule is C=CCc1ccc(C(C)(C)c2ccc(C=C)cc2)cc1. The van der Waals surface area contributed by atoms with E-state index >= 15 is 0 Å². The lowest BCUT2D eigenvalue weighted by atomic mass is 9.77. The van der Waals surface area contributed by atoms with Crippen LogP contribution in [-0.2, 0) is 11.8 Å². The van der Waals surface area contributed by atoms with Crippen LogP contribution in [0.2, 0.25) is 0 Å². The van der Waals surface area contributed by atoms with E-state index in [0.29, 0.717) is 0 Å². The van der Waals surface area contributed by atoms with Crippen LogP contribution in [0.4, 0.5) is 0 Å². The van der Waals surface area contributed by atoms with Crippen LogP contribution in [0.25, 0.3) is 6.08 Å². The Bertz CT molecular complexity index is 583. The first kappa shape index (κ1) is 14.3. The van der Waals surface area contributed by atoms with Crippen LogP contribution < -0.4 is 0 Å². The van der Waals surface area contributed by atoms with Crippen LogP contribution in [0.1, 0.15) is 36.1 Å². The Morgan fingerprint density at radius 1 is 0.850 bits per heavy atom. The van der Waals surface area contributed by atoms with E-state index in [1.165, 1.54) is 16.7 Å². The largest absolute Gasteiger partial charge is 0.103 e. The molecule has 102 valence electrons. The molecule has 0 radical (unpaired) electrons. The van der Waals surface area contributed by atoms with E-state index in [4.69, 9.17) is 0 Å². The van der Waals surface area contributed by atoms with Gasteiger partial charge in [0.05, 0.1) is 0 Å². The zero-order valence-corrected chi connectivity index (χ0v) is 12.4. The lowest BCUT2D eigenvalue weighted by Crippen LogP contribution is -2.18. The van der Waals surface area contributed by atoms with Crippen molar-refractivity contribution < 1.29 is 0 Å². The monoisotopic (exact) mass is 262 g/mol. The third kappa shape index (κ3) is 2.91. The minimum atomic E-state index is 0.00636. The van der Waals surface area contributed by atoms with Gasteiger partial charge in [-0.2, -0.15) is 0 Å². The highest BCUT2D eigenvalue weighted by Gasteiger charge is 2.22. The van der Waals surface area contributed by atoms with Gasteiger partial charge >= 0.3 is 0 Å². The zero-order chi connectivity index (χ0) is 14.6. The molecule has 2 rings (SSSR count). The van der Waals surface area contributed by atoms with Gasteiger partial charge in [0.25, 0.3) is 0 Å². The molecule has 0 unspecified atom stereocenters. The Hall–Kier alpha value is -2.08. The molecule has 20 heavy (non-hydrogen) atoms. The fraction of sp³-hybridized carbons (Fsp3) is 0.200. The Balaban J connectivity index is 2.32. The molecule has 0 saturated heterocycles. The Morgan fingerprint density at radius 3 is 1.80 bits per heavy atom. The summed E-state index contributed by atoms with van der Waals surface area (Å²) in [5.41, 5.74) is 5.12. The van der Waals surface area contributed by atoms with E-state index in [2.05, 4.69) is 75.5 Å². The number of hydrogen-bond acceptors (Lipinski definition) is 0. The van der Waals surface area contributed by atoms with Gasteiger partial charge in [-0.3, -0.25) is 0 Å². The molecule has 0 saturated carbocycles. The normalized spacial score (nSPS) is 11.1. The zero-order valence-electron chi connectivity index (χ0n) is 12.4. The van der Waals surface area contributed by atoms with Crippen molar-refractivity contribution in [3.05, 3.63) is 90.0 Å². The number of benzene rings is 2. The minimum Gasteiger partial charge on any atom is -0.103 e. The van der Waals surface area contributed by atoms with Gasteiger partial charge in [0, 0.05) is 5.41 Å². The van der Waals surface area contributed by atoms with Crippen molar-refractivity contribution in [1.82, 2.24) is 0 Å². The van der Waals surface area contributed by atoms with Crippen LogP contribution >= 0.6 is 0 Å². The maximum Gasteiger partial charge on any atom is 0.0146 e.